The van der Waals surface area contributed by atoms with Crippen LogP contribution in [0.15, 0.2) is 0 Å². The lowest BCUT2D eigenvalue weighted by atomic mass is 9.65. The molecule has 3 unspecified atom stereocenters. The van der Waals surface area contributed by atoms with Crippen LogP contribution in [0.25, 0.3) is 0 Å². The molecule has 11 heavy (non-hydrogen) atoms. The van der Waals surface area contributed by atoms with Crippen LogP contribution in [0.1, 0.15) is 12.8 Å². The van der Waals surface area contributed by atoms with Gasteiger partial charge in [0.2, 0.25) is 0 Å². The van der Waals surface area contributed by atoms with Crippen molar-refractivity contribution in [2.75, 3.05) is 27.2 Å². The Morgan fingerprint density at radius 3 is 2.82 bits per heavy atom. The van der Waals surface area contributed by atoms with Crippen molar-refractivity contribution in [3.05, 3.63) is 0 Å². The van der Waals surface area contributed by atoms with Crippen LogP contribution in [-0.2, 0) is 0 Å². The highest BCUT2D eigenvalue weighted by molar-refractivity contribution is 4.97. The second-order valence-corrected chi connectivity index (χ2v) is 4.18. The van der Waals surface area contributed by atoms with Crippen molar-refractivity contribution >= 4 is 0 Å². The smallest absolute Gasteiger partial charge is 0.0124 e. The molecule has 2 fully saturated rings. The van der Waals surface area contributed by atoms with Gasteiger partial charge in [-0.15, -0.1) is 0 Å². The Bertz CT molecular complexity index is 144. The Hall–Kier alpha value is -0.0800. The number of rotatable bonds is 1. The van der Waals surface area contributed by atoms with E-state index in [0.29, 0.717) is 0 Å². The third kappa shape index (κ3) is 1.18. The minimum atomic E-state index is 0.891. The summed E-state index contributed by atoms with van der Waals surface area (Å²) in [6.45, 7) is 2.51. The fourth-order valence-corrected chi connectivity index (χ4v) is 2.59. The molecule has 0 bridgehead atoms. The standard InChI is InChI=1S/C9H18N2/c1-11(2)9-5-7-6-10-4-3-8(7)9/h7-10H,3-6H2,1-2H3. The van der Waals surface area contributed by atoms with Crippen LogP contribution in [0.2, 0.25) is 0 Å². The number of fused-ring (bicyclic) bond motifs is 1. The van der Waals surface area contributed by atoms with Gasteiger partial charge in [-0.05, 0) is 51.9 Å². The van der Waals surface area contributed by atoms with E-state index in [1.54, 1.807) is 0 Å². The van der Waals surface area contributed by atoms with Gasteiger partial charge >= 0.3 is 0 Å². The first-order valence-electron chi connectivity index (χ1n) is 4.66. The first kappa shape index (κ1) is 7.56. The normalized spacial score (nSPS) is 43.4. The van der Waals surface area contributed by atoms with Gasteiger partial charge in [0.15, 0.2) is 0 Å². The zero-order valence-electron chi connectivity index (χ0n) is 7.51. The topological polar surface area (TPSA) is 15.3 Å². The molecule has 1 saturated carbocycles. The van der Waals surface area contributed by atoms with E-state index < -0.39 is 0 Å². The number of hydrogen-bond donors (Lipinski definition) is 1. The van der Waals surface area contributed by atoms with E-state index in [-0.39, 0.29) is 0 Å². The Morgan fingerprint density at radius 1 is 1.36 bits per heavy atom. The summed E-state index contributed by atoms with van der Waals surface area (Å²) < 4.78 is 0. The van der Waals surface area contributed by atoms with Crippen LogP contribution >= 0.6 is 0 Å². The summed E-state index contributed by atoms with van der Waals surface area (Å²) in [6.07, 6.45) is 2.82. The Labute approximate surface area is 69.0 Å². The number of hydrogen-bond acceptors (Lipinski definition) is 2. The van der Waals surface area contributed by atoms with Crippen molar-refractivity contribution < 1.29 is 0 Å². The van der Waals surface area contributed by atoms with Gasteiger partial charge in [0, 0.05) is 6.04 Å². The predicted molar refractivity (Wildman–Crippen MR) is 46.6 cm³/mol. The third-order valence-corrected chi connectivity index (χ3v) is 3.37. The number of nitrogens with zero attached hydrogens (tertiary/aromatic N) is 1. The van der Waals surface area contributed by atoms with E-state index >= 15 is 0 Å². The van der Waals surface area contributed by atoms with Crippen molar-refractivity contribution in [1.82, 2.24) is 10.2 Å². The van der Waals surface area contributed by atoms with E-state index in [1.807, 2.05) is 0 Å². The molecule has 3 atom stereocenters. The molecule has 2 rings (SSSR count). The summed E-state index contributed by atoms with van der Waals surface area (Å²) in [5.41, 5.74) is 0. The van der Waals surface area contributed by atoms with Crippen LogP contribution in [0.4, 0.5) is 0 Å². The number of piperidine rings is 1. The van der Waals surface area contributed by atoms with Crippen molar-refractivity contribution in [2.45, 2.75) is 18.9 Å². The highest BCUT2D eigenvalue weighted by Crippen LogP contribution is 2.40. The molecule has 1 N–H and O–H groups in total. The third-order valence-electron chi connectivity index (χ3n) is 3.37. The van der Waals surface area contributed by atoms with Gasteiger partial charge in [0.05, 0.1) is 0 Å². The van der Waals surface area contributed by atoms with Crippen molar-refractivity contribution in [1.29, 1.82) is 0 Å². The summed E-state index contributed by atoms with van der Waals surface area (Å²) in [6, 6.07) is 0.891. The maximum absolute atomic E-state index is 3.46. The molecule has 1 aliphatic heterocycles. The molecule has 1 saturated heterocycles. The molecule has 0 aromatic heterocycles. The van der Waals surface area contributed by atoms with Gasteiger partial charge < -0.3 is 10.2 Å². The van der Waals surface area contributed by atoms with Crippen LogP contribution in [-0.4, -0.2) is 38.1 Å². The summed E-state index contributed by atoms with van der Waals surface area (Å²) in [7, 11) is 4.42. The van der Waals surface area contributed by atoms with E-state index in [9.17, 15) is 0 Å². The number of nitrogens with one attached hydrogen (secondary N) is 1. The van der Waals surface area contributed by atoms with Gasteiger partial charge in [-0.25, -0.2) is 0 Å². The zero-order chi connectivity index (χ0) is 7.84. The Kier molecular flexibility index (Phi) is 1.90. The quantitative estimate of drug-likeness (QED) is 0.593. The molecule has 0 radical (unpaired) electrons. The molecular weight excluding hydrogens is 136 g/mol. The van der Waals surface area contributed by atoms with Gasteiger partial charge in [0.25, 0.3) is 0 Å². The minimum absolute atomic E-state index is 0.891. The van der Waals surface area contributed by atoms with Crippen molar-refractivity contribution in [3.63, 3.8) is 0 Å². The summed E-state index contributed by atoms with van der Waals surface area (Å²) in [5, 5.41) is 3.46. The second kappa shape index (κ2) is 2.76. The summed E-state index contributed by atoms with van der Waals surface area (Å²) in [4.78, 5) is 2.40. The van der Waals surface area contributed by atoms with E-state index in [1.165, 1.54) is 25.9 Å². The average molecular weight is 154 g/mol. The highest BCUT2D eigenvalue weighted by Gasteiger charge is 2.42. The van der Waals surface area contributed by atoms with Gasteiger partial charge in [0.1, 0.15) is 0 Å². The maximum atomic E-state index is 3.46. The SMILES string of the molecule is CN(C)C1CC2CNCCC21. The van der Waals surface area contributed by atoms with Gasteiger partial charge in [-0.1, -0.05) is 0 Å². The second-order valence-electron chi connectivity index (χ2n) is 4.18. The summed E-state index contributed by atoms with van der Waals surface area (Å²) >= 11 is 0. The fourth-order valence-electron chi connectivity index (χ4n) is 2.59. The molecule has 64 valence electrons. The molecule has 2 nitrogen and oxygen atoms in total. The summed E-state index contributed by atoms with van der Waals surface area (Å²) in [5.74, 6) is 2.00. The molecular formula is C9H18N2. The zero-order valence-corrected chi connectivity index (χ0v) is 7.51. The van der Waals surface area contributed by atoms with E-state index in [2.05, 4.69) is 24.3 Å². The van der Waals surface area contributed by atoms with E-state index in [4.69, 9.17) is 0 Å². The van der Waals surface area contributed by atoms with Gasteiger partial charge in [-0.2, -0.15) is 0 Å². The predicted octanol–water partition coefficient (Wildman–Crippen LogP) is 0.546. The van der Waals surface area contributed by atoms with Crippen LogP contribution in [0.5, 0.6) is 0 Å². The molecule has 1 aliphatic carbocycles. The molecule has 0 aromatic carbocycles. The molecule has 0 amide bonds. The monoisotopic (exact) mass is 154 g/mol. The minimum Gasteiger partial charge on any atom is -0.316 e. The van der Waals surface area contributed by atoms with Crippen molar-refractivity contribution in [2.24, 2.45) is 11.8 Å². The highest BCUT2D eigenvalue weighted by atomic mass is 15.1. The Balaban J connectivity index is 1.91. The first-order valence-corrected chi connectivity index (χ1v) is 4.66. The van der Waals surface area contributed by atoms with Crippen LogP contribution < -0.4 is 5.32 Å². The van der Waals surface area contributed by atoms with Gasteiger partial charge in [-0.3, -0.25) is 0 Å². The molecule has 2 heteroatoms. The lowest BCUT2D eigenvalue weighted by Gasteiger charge is -2.50. The lowest BCUT2D eigenvalue weighted by molar-refractivity contribution is 0.0114. The lowest BCUT2D eigenvalue weighted by Crippen LogP contribution is -2.56. The van der Waals surface area contributed by atoms with E-state index in [0.717, 1.165) is 17.9 Å². The average Bonchev–Trinajstić information content (AvgIpc) is 1.90. The van der Waals surface area contributed by atoms with Crippen LogP contribution in [0, 0.1) is 11.8 Å². The molecule has 0 spiro atoms. The fraction of sp³-hybridized carbons (Fsp3) is 1.00. The first-order chi connectivity index (χ1) is 5.29. The van der Waals surface area contributed by atoms with Crippen LogP contribution in [0.3, 0.4) is 0 Å². The largest absolute Gasteiger partial charge is 0.316 e. The maximum Gasteiger partial charge on any atom is 0.0124 e. The molecule has 0 aromatic rings. The molecule has 1 heterocycles. The Morgan fingerprint density at radius 2 is 2.18 bits per heavy atom. The van der Waals surface area contributed by atoms with Crippen molar-refractivity contribution in [3.8, 4) is 0 Å². The molecule has 2 aliphatic rings.